The molecule has 0 aromatic carbocycles. The fourth-order valence-electron chi connectivity index (χ4n) is 4.66. The molecule has 1 spiro atoms. The zero-order chi connectivity index (χ0) is 15.0. The molecule has 138 valence electrons. The molecule has 3 aliphatic heterocycles. The van der Waals surface area contributed by atoms with Gasteiger partial charge in [0.1, 0.15) is 0 Å². The van der Waals surface area contributed by atoms with Crippen LogP contribution in [-0.2, 0) is 19.6 Å². The second kappa shape index (κ2) is 8.37. The van der Waals surface area contributed by atoms with E-state index in [1.165, 1.54) is 63.3 Å². The molecule has 1 unspecified atom stereocenters. The van der Waals surface area contributed by atoms with Gasteiger partial charge in [0.05, 0.1) is 11.4 Å². The Balaban J connectivity index is 0.00000104. The van der Waals surface area contributed by atoms with Crippen LogP contribution < -0.4 is 5.32 Å². The molecular weight excluding hydrogens is 345 g/mol. The van der Waals surface area contributed by atoms with Crippen molar-refractivity contribution in [2.45, 2.75) is 45.3 Å². The van der Waals surface area contributed by atoms with Gasteiger partial charge in [0.15, 0.2) is 0 Å². The van der Waals surface area contributed by atoms with Crippen LogP contribution in [0.15, 0.2) is 6.07 Å². The smallest absolute Gasteiger partial charge is 0.0768 e. The molecule has 1 N–H and O–H groups in total. The molecule has 7 heteroatoms. The fourth-order valence-corrected chi connectivity index (χ4v) is 4.66. The highest BCUT2D eigenvalue weighted by Crippen LogP contribution is 2.38. The first-order valence-corrected chi connectivity index (χ1v) is 8.90. The maximum absolute atomic E-state index is 4.86. The van der Waals surface area contributed by atoms with Gasteiger partial charge in [0, 0.05) is 32.7 Å². The first kappa shape index (κ1) is 20.0. The molecule has 0 aliphatic carbocycles. The van der Waals surface area contributed by atoms with Gasteiger partial charge in [-0.05, 0) is 63.8 Å². The molecular formula is C17H31Cl2N5. The lowest BCUT2D eigenvalue weighted by Crippen LogP contribution is -2.44. The molecule has 1 aromatic rings. The molecule has 0 amide bonds. The summed E-state index contributed by atoms with van der Waals surface area (Å²) in [6.07, 6.45) is 5.33. The highest BCUT2D eigenvalue weighted by atomic mass is 35.5. The highest BCUT2D eigenvalue weighted by Gasteiger charge is 2.40. The summed E-state index contributed by atoms with van der Waals surface area (Å²) in [6.45, 7) is 9.25. The quantitative estimate of drug-likeness (QED) is 0.858. The largest absolute Gasteiger partial charge is 0.311 e. The summed E-state index contributed by atoms with van der Waals surface area (Å²) in [7, 11) is 2.27. The van der Waals surface area contributed by atoms with E-state index in [0.717, 1.165) is 26.2 Å². The van der Waals surface area contributed by atoms with Gasteiger partial charge in [0.25, 0.3) is 0 Å². The SMILES string of the molecule is CN1CCC2(CCCN(Cc3cc4n(n3)CCCNC4)C2)C1.Cl.Cl. The summed E-state index contributed by atoms with van der Waals surface area (Å²) in [5.74, 6) is 0. The Kier molecular flexibility index (Phi) is 6.97. The van der Waals surface area contributed by atoms with Crippen LogP contribution in [0.1, 0.15) is 37.1 Å². The van der Waals surface area contributed by atoms with Crippen LogP contribution in [-0.4, -0.2) is 59.4 Å². The number of aryl methyl sites for hydroxylation is 1. The van der Waals surface area contributed by atoms with E-state index >= 15 is 0 Å². The lowest BCUT2D eigenvalue weighted by atomic mass is 9.79. The van der Waals surface area contributed by atoms with Gasteiger partial charge in [0.2, 0.25) is 0 Å². The number of halogens is 2. The minimum Gasteiger partial charge on any atom is -0.311 e. The molecule has 3 aliphatic rings. The number of fused-ring (bicyclic) bond motifs is 1. The van der Waals surface area contributed by atoms with Crippen molar-refractivity contribution >= 4 is 24.8 Å². The molecule has 1 atom stereocenters. The molecule has 0 saturated carbocycles. The van der Waals surface area contributed by atoms with Crippen molar-refractivity contribution < 1.29 is 0 Å². The minimum absolute atomic E-state index is 0. The zero-order valence-corrected chi connectivity index (χ0v) is 16.3. The number of hydrogen-bond acceptors (Lipinski definition) is 4. The lowest BCUT2D eigenvalue weighted by Gasteiger charge is -2.40. The topological polar surface area (TPSA) is 36.3 Å². The van der Waals surface area contributed by atoms with Crippen LogP contribution >= 0.6 is 24.8 Å². The van der Waals surface area contributed by atoms with Crippen LogP contribution in [0.5, 0.6) is 0 Å². The zero-order valence-electron chi connectivity index (χ0n) is 14.7. The number of likely N-dealkylation sites (tertiary alicyclic amines) is 2. The Morgan fingerprint density at radius 2 is 2.00 bits per heavy atom. The predicted molar refractivity (Wildman–Crippen MR) is 102 cm³/mol. The Hall–Kier alpha value is -0.330. The van der Waals surface area contributed by atoms with E-state index in [4.69, 9.17) is 5.10 Å². The maximum atomic E-state index is 4.86. The molecule has 0 radical (unpaired) electrons. The molecule has 1 aromatic heterocycles. The van der Waals surface area contributed by atoms with Crippen LogP contribution in [0.2, 0.25) is 0 Å². The summed E-state index contributed by atoms with van der Waals surface area (Å²) >= 11 is 0. The molecule has 0 bridgehead atoms. The second-order valence-electron chi connectivity index (χ2n) is 7.68. The van der Waals surface area contributed by atoms with E-state index in [0.29, 0.717) is 5.41 Å². The summed E-state index contributed by atoms with van der Waals surface area (Å²) in [5, 5.41) is 8.34. The van der Waals surface area contributed by atoms with E-state index in [1.54, 1.807) is 0 Å². The van der Waals surface area contributed by atoms with Crippen LogP contribution in [0, 0.1) is 5.41 Å². The van der Waals surface area contributed by atoms with Gasteiger partial charge in [-0.1, -0.05) is 0 Å². The first-order chi connectivity index (χ1) is 10.7. The minimum atomic E-state index is 0. The number of rotatable bonds is 2. The van der Waals surface area contributed by atoms with Crippen molar-refractivity contribution in [3.05, 3.63) is 17.5 Å². The van der Waals surface area contributed by atoms with E-state index in [-0.39, 0.29) is 24.8 Å². The van der Waals surface area contributed by atoms with E-state index in [1.807, 2.05) is 0 Å². The number of aromatic nitrogens is 2. The van der Waals surface area contributed by atoms with Gasteiger partial charge < -0.3 is 10.2 Å². The van der Waals surface area contributed by atoms with Gasteiger partial charge in [-0.3, -0.25) is 9.58 Å². The summed E-state index contributed by atoms with van der Waals surface area (Å²) in [4.78, 5) is 5.16. The lowest BCUT2D eigenvalue weighted by molar-refractivity contribution is 0.0888. The monoisotopic (exact) mass is 375 g/mol. The summed E-state index contributed by atoms with van der Waals surface area (Å²) in [6, 6.07) is 2.32. The third-order valence-electron chi connectivity index (χ3n) is 5.70. The van der Waals surface area contributed by atoms with Crippen molar-refractivity contribution in [3.8, 4) is 0 Å². The van der Waals surface area contributed by atoms with Crippen molar-refractivity contribution in [1.29, 1.82) is 0 Å². The fraction of sp³-hybridized carbons (Fsp3) is 0.824. The third kappa shape index (κ3) is 4.25. The molecule has 2 saturated heterocycles. The van der Waals surface area contributed by atoms with Crippen molar-refractivity contribution in [2.75, 3.05) is 39.8 Å². The molecule has 4 heterocycles. The van der Waals surface area contributed by atoms with Crippen LogP contribution in [0.25, 0.3) is 0 Å². The average molecular weight is 376 g/mol. The second-order valence-corrected chi connectivity index (χ2v) is 7.68. The molecule has 24 heavy (non-hydrogen) atoms. The van der Waals surface area contributed by atoms with E-state index in [9.17, 15) is 0 Å². The van der Waals surface area contributed by atoms with Crippen molar-refractivity contribution in [1.82, 2.24) is 24.9 Å². The number of nitrogens with one attached hydrogen (secondary N) is 1. The third-order valence-corrected chi connectivity index (χ3v) is 5.70. The Bertz CT molecular complexity index is 508. The normalized spacial score (nSPS) is 28.0. The van der Waals surface area contributed by atoms with Gasteiger partial charge in [-0.15, -0.1) is 24.8 Å². The number of piperidine rings is 1. The first-order valence-electron chi connectivity index (χ1n) is 8.90. The summed E-state index contributed by atoms with van der Waals surface area (Å²) in [5.41, 5.74) is 3.19. The van der Waals surface area contributed by atoms with Crippen molar-refractivity contribution in [2.24, 2.45) is 5.41 Å². The van der Waals surface area contributed by atoms with E-state index < -0.39 is 0 Å². The summed E-state index contributed by atoms with van der Waals surface area (Å²) < 4.78 is 2.22. The van der Waals surface area contributed by atoms with Crippen LogP contribution in [0.3, 0.4) is 0 Å². The van der Waals surface area contributed by atoms with Crippen LogP contribution in [0.4, 0.5) is 0 Å². The number of nitrogens with zero attached hydrogens (tertiary/aromatic N) is 4. The van der Waals surface area contributed by atoms with Gasteiger partial charge in [-0.25, -0.2) is 0 Å². The van der Waals surface area contributed by atoms with Gasteiger partial charge >= 0.3 is 0 Å². The molecule has 5 nitrogen and oxygen atoms in total. The number of hydrogen-bond donors (Lipinski definition) is 1. The Morgan fingerprint density at radius 3 is 2.79 bits per heavy atom. The average Bonchev–Trinajstić information content (AvgIpc) is 2.96. The highest BCUT2D eigenvalue weighted by molar-refractivity contribution is 5.85. The van der Waals surface area contributed by atoms with Crippen molar-refractivity contribution in [3.63, 3.8) is 0 Å². The Morgan fingerprint density at radius 1 is 1.12 bits per heavy atom. The van der Waals surface area contributed by atoms with Gasteiger partial charge in [-0.2, -0.15) is 5.10 Å². The predicted octanol–water partition coefficient (Wildman–Crippen LogP) is 2.14. The molecule has 2 fully saturated rings. The Labute approximate surface area is 158 Å². The molecule has 4 rings (SSSR count). The maximum Gasteiger partial charge on any atom is 0.0768 e. The van der Waals surface area contributed by atoms with E-state index in [2.05, 4.69) is 32.9 Å². The standard InChI is InChI=1S/C17H29N5.2ClH/c1-20-9-5-17(13-20)4-2-7-21(14-17)12-15-10-16-11-18-6-3-8-22(16)19-15;;/h10,18H,2-9,11-14H2,1H3;2*1H.